The van der Waals surface area contributed by atoms with Crippen LogP contribution in [0.1, 0.15) is 61.1 Å². The highest BCUT2D eigenvalue weighted by atomic mass is 16.6. The molecule has 3 rings (SSSR count). The van der Waals surface area contributed by atoms with Crippen LogP contribution in [0.25, 0.3) is 0 Å². The van der Waals surface area contributed by atoms with Crippen LogP contribution in [0.5, 0.6) is 0 Å². The summed E-state index contributed by atoms with van der Waals surface area (Å²) in [5.41, 5.74) is 2.50. The molecule has 0 atom stereocenters. The van der Waals surface area contributed by atoms with Crippen LogP contribution < -0.4 is 0 Å². The average molecular weight is 475 g/mol. The van der Waals surface area contributed by atoms with Crippen molar-refractivity contribution < 1.29 is 28.6 Å². The lowest BCUT2D eigenvalue weighted by Crippen LogP contribution is -2.45. The Kier molecular flexibility index (Phi) is 8.42. The molecule has 0 aliphatic carbocycles. The Morgan fingerprint density at radius 1 is 0.629 bits per heavy atom. The van der Waals surface area contributed by atoms with Crippen LogP contribution in [0.4, 0.5) is 0 Å². The molecule has 0 saturated heterocycles. The number of benzene rings is 3. The van der Waals surface area contributed by atoms with Gasteiger partial charge in [-0.2, -0.15) is 0 Å². The predicted molar refractivity (Wildman–Crippen MR) is 133 cm³/mol. The summed E-state index contributed by atoms with van der Waals surface area (Å²) < 4.78 is 17.0. The number of hydrogen-bond donors (Lipinski definition) is 0. The average Bonchev–Trinajstić information content (AvgIpc) is 2.85. The number of hydrogen-bond acceptors (Lipinski definition) is 6. The van der Waals surface area contributed by atoms with Crippen LogP contribution >= 0.6 is 0 Å². The summed E-state index contributed by atoms with van der Waals surface area (Å²) in [4.78, 5) is 38.4. The minimum atomic E-state index is -1.36. The first-order valence-electron chi connectivity index (χ1n) is 11.5. The summed E-state index contributed by atoms with van der Waals surface area (Å²) in [5, 5.41) is 0. The molecule has 0 fully saturated rings. The Morgan fingerprint density at radius 3 is 1.34 bits per heavy atom. The van der Waals surface area contributed by atoms with Gasteiger partial charge in [-0.25, -0.2) is 14.4 Å². The van der Waals surface area contributed by atoms with E-state index in [1.165, 1.54) is 0 Å². The van der Waals surface area contributed by atoms with E-state index in [1.54, 1.807) is 61.5 Å². The summed E-state index contributed by atoms with van der Waals surface area (Å²) in [6.45, 7) is 6.87. The topological polar surface area (TPSA) is 78.9 Å². The van der Waals surface area contributed by atoms with Crippen molar-refractivity contribution in [2.45, 2.75) is 39.7 Å². The van der Waals surface area contributed by atoms with Crippen LogP contribution in [0, 0.1) is 20.8 Å². The van der Waals surface area contributed by atoms with Gasteiger partial charge in [0, 0.05) is 0 Å². The highest BCUT2D eigenvalue weighted by Crippen LogP contribution is 2.22. The van der Waals surface area contributed by atoms with Gasteiger partial charge in [0.1, 0.15) is 13.2 Å². The summed E-state index contributed by atoms with van der Waals surface area (Å²) in [7, 11) is 0. The van der Waals surface area contributed by atoms with Crippen molar-refractivity contribution in [2.75, 3.05) is 13.2 Å². The van der Waals surface area contributed by atoms with E-state index in [0.717, 1.165) is 16.7 Å². The molecule has 6 heteroatoms. The van der Waals surface area contributed by atoms with Crippen LogP contribution in [-0.2, 0) is 14.2 Å². The van der Waals surface area contributed by atoms with Crippen molar-refractivity contribution in [1.29, 1.82) is 0 Å². The first-order valence-corrected chi connectivity index (χ1v) is 11.5. The van der Waals surface area contributed by atoms with Crippen LogP contribution in [0.15, 0.2) is 72.8 Å². The molecule has 0 aliphatic rings. The molecule has 0 unspecified atom stereocenters. The number of esters is 3. The highest BCUT2D eigenvalue weighted by molar-refractivity contribution is 5.91. The zero-order valence-electron chi connectivity index (χ0n) is 20.5. The molecule has 35 heavy (non-hydrogen) atoms. The van der Waals surface area contributed by atoms with Gasteiger partial charge < -0.3 is 14.2 Å². The fourth-order valence-corrected chi connectivity index (χ4v) is 3.51. The first kappa shape index (κ1) is 25.7. The quantitative estimate of drug-likeness (QED) is 0.295. The Morgan fingerprint density at radius 2 is 1.00 bits per heavy atom. The van der Waals surface area contributed by atoms with Gasteiger partial charge in [0.15, 0.2) is 5.60 Å². The minimum Gasteiger partial charge on any atom is -0.458 e. The lowest BCUT2D eigenvalue weighted by molar-refractivity contribution is -0.0865. The second-order valence-electron chi connectivity index (χ2n) is 8.69. The van der Waals surface area contributed by atoms with Gasteiger partial charge in [0.05, 0.1) is 16.7 Å². The Hall–Kier alpha value is -3.93. The van der Waals surface area contributed by atoms with Gasteiger partial charge in [-0.15, -0.1) is 0 Å². The van der Waals surface area contributed by atoms with E-state index < -0.39 is 23.5 Å². The molecule has 0 bridgehead atoms. The summed E-state index contributed by atoms with van der Waals surface area (Å²) in [5.74, 6) is -1.69. The molecular weight excluding hydrogens is 444 g/mol. The van der Waals surface area contributed by atoms with Crippen LogP contribution in [0.3, 0.4) is 0 Å². The molecular formula is C29H30O6. The van der Waals surface area contributed by atoms with Crippen molar-refractivity contribution in [2.24, 2.45) is 0 Å². The van der Waals surface area contributed by atoms with Gasteiger partial charge >= 0.3 is 17.9 Å². The van der Waals surface area contributed by atoms with Crippen molar-refractivity contribution >= 4 is 17.9 Å². The minimum absolute atomic E-state index is 0.257. The Bertz CT molecular complexity index is 1150. The Balaban J connectivity index is 1.81. The molecule has 0 spiro atoms. The number of rotatable bonds is 9. The lowest BCUT2D eigenvalue weighted by Gasteiger charge is -2.31. The number of aryl methyl sites for hydroxylation is 3. The molecule has 0 radical (unpaired) electrons. The summed E-state index contributed by atoms with van der Waals surface area (Å²) in [6.07, 6.45) is 0.257. The van der Waals surface area contributed by atoms with Crippen molar-refractivity contribution in [1.82, 2.24) is 0 Å². The van der Waals surface area contributed by atoms with E-state index in [2.05, 4.69) is 0 Å². The third-order valence-corrected chi connectivity index (χ3v) is 5.65. The lowest BCUT2D eigenvalue weighted by atomic mass is 10.0. The standard InChI is InChI=1S/C29H30O6/c1-5-29(35-28(32)25-14-8-11-22(4)17-25,18-33-26(30)23-12-6-9-20(2)15-23)19-34-27(31)24-13-7-10-21(3)16-24/h6-17H,5,18-19H2,1-4H3. The third kappa shape index (κ3) is 7.03. The molecule has 0 heterocycles. The van der Waals surface area contributed by atoms with E-state index in [0.29, 0.717) is 16.7 Å². The van der Waals surface area contributed by atoms with E-state index >= 15 is 0 Å². The second-order valence-corrected chi connectivity index (χ2v) is 8.69. The second kappa shape index (κ2) is 11.5. The first-order chi connectivity index (χ1) is 16.7. The zero-order valence-corrected chi connectivity index (χ0v) is 20.5. The van der Waals surface area contributed by atoms with Gasteiger partial charge in [-0.1, -0.05) is 60.0 Å². The van der Waals surface area contributed by atoms with E-state index in [1.807, 2.05) is 39.0 Å². The maximum atomic E-state index is 13.0. The summed E-state index contributed by atoms with van der Waals surface area (Å²) in [6, 6.07) is 21.0. The summed E-state index contributed by atoms with van der Waals surface area (Å²) >= 11 is 0. The maximum Gasteiger partial charge on any atom is 0.338 e. The van der Waals surface area contributed by atoms with Crippen molar-refractivity contribution in [3.05, 3.63) is 106 Å². The maximum absolute atomic E-state index is 13.0. The molecule has 0 aliphatic heterocycles. The molecule has 0 saturated carbocycles. The Labute approximate surface area is 205 Å². The number of carbonyl (C=O) groups is 3. The third-order valence-electron chi connectivity index (χ3n) is 5.65. The normalized spacial score (nSPS) is 11.0. The van der Waals surface area contributed by atoms with Gasteiger partial charge in [0.2, 0.25) is 0 Å². The largest absolute Gasteiger partial charge is 0.458 e. The van der Waals surface area contributed by atoms with Crippen molar-refractivity contribution in [3.63, 3.8) is 0 Å². The smallest absolute Gasteiger partial charge is 0.338 e. The van der Waals surface area contributed by atoms with Gasteiger partial charge in [0.25, 0.3) is 0 Å². The van der Waals surface area contributed by atoms with E-state index in [4.69, 9.17) is 14.2 Å². The monoisotopic (exact) mass is 474 g/mol. The molecule has 3 aromatic rings. The fraction of sp³-hybridized carbons (Fsp3) is 0.276. The molecule has 182 valence electrons. The van der Waals surface area contributed by atoms with Crippen LogP contribution in [-0.4, -0.2) is 36.7 Å². The van der Waals surface area contributed by atoms with Gasteiger partial charge in [-0.3, -0.25) is 0 Å². The van der Waals surface area contributed by atoms with Crippen molar-refractivity contribution in [3.8, 4) is 0 Å². The predicted octanol–water partition coefficient (Wildman–Crippen LogP) is 5.63. The molecule has 0 amide bonds. The van der Waals surface area contributed by atoms with Crippen LogP contribution in [0.2, 0.25) is 0 Å². The van der Waals surface area contributed by atoms with E-state index in [-0.39, 0.29) is 19.6 Å². The molecule has 6 nitrogen and oxygen atoms in total. The molecule has 0 N–H and O–H groups in total. The van der Waals surface area contributed by atoms with Gasteiger partial charge in [-0.05, 0) is 63.6 Å². The SMILES string of the molecule is CCC(COC(=O)c1cccc(C)c1)(COC(=O)c1cccc(C)c1)OC(=O)c1cccc(C)c1. The number of ether oxygens (including phenoxy) is 3. The molecule has 3 aromatic carbocycles. The molecule has 0 aromatic heterocycles. The fourth-order valence-electron chi connectivity index (χ4n) is 3.51. The number of carbonyl (C=O) groups excluding carboxylic acids is 3. The van der Waals surface area contributed by atoms with E-state index in [9.17, 15) is 14.4 Å². The zero-order chi connectivity index (χ0) is 25.4. The highest BCUT2D eigenvalue weighted by Gasteiger charge is 2.37.